The predicted molar refractivity (Wildman–Crippen MR) is 93.6 cm³/mol. The number of rotatable bonds is 4. The Kier molecular flexibility index (Phi) is 4.68. The van der Waals surface area contributed by atoms with Crippen molar-refractivity contribution >= 4 is 17.4 Å². The topological polar surface area (TPSA) is 55.8 Å². The molecule has 1 saturated heterocycles. The SMILES string of the molecule is O=C1CCc2c(F)cc(N3CC[C@@H](Oc4ccc(OC(F)(F)F)cc4)C3=O)cc21. The zero-order valence-corrected chi connectivity index (χ0v) is 15.0. The molecule has 2 aromatic carbocycles. The summed E-state index contributed by atoms with van der Waals surface area (Å²) in [4.78, 5) is 25.9. The van der Waals surface area contributed by atoms with Crippen LogP contribution in [0.1, 0.15) is 28.8 Å². The molecule has 2 aliphatic rings. The van der Waals surface area contributed by atoms with Crippen molar-refractivity contribution in [3.8, 4) is 11.5 Å². The van der Waals surface area contributed by atoms with Gasteiger partial charge in [-0.1, -0.05) is 0 Å². The fraction of sp³-hybridized carbons (Fsp3) is 0.300. The van der Waals surface area contributed by atoms with Crippen molar-refractivity contribution in [1.82, 2.24) is 0 Å². The second kappa shape index (κ2) is 7.06. The molecule has 0 spiro atoms. The molecular formula is C20H15F4NO4. The van der Waals surface area contributed by atoms with E-state index in [-0.39, 0.29) is 24.5 Å². The fourth-order valence-corrected chi connectivity index (χ4v) is 3.56. The Hall–Kier alpha value is -3.10. The summed E-state index contributed by atoms with van der Waals surface area (Å²) in [5, 5.41) is 0. The summed E-state index contributed by atoms with van der Waals surface area (Å²) >= 11 is 0. The number of halogens is 4. The van der Waals surface area contributed by atoms with Crippen molar-refractivity contribution in [2.24, 2.45) is 0 Å². The van der Waals surface area contributed by atoms with Crippen LogP contribution in [-0.4, -0.2) is 30.7 Å². The van der Waals surface area contributed by atoms with Crippen molar-refractivity contribution in [2.75, 3.05) is 11.4 Å². The van der Waals surface area contributed by atoms with E-state index in [1.54, 1.807) is 0 Å². The lowest BCUT2D eigenvalue weighted by Gasteiger charge is -2.18. The largest absolute Gasteiger partial charge is 0.573 e. The third kappa shape index (κ3) is 3.90. The molecule has 1 atom stereocenters. The Balaban J connectivity index is 1.47. The third-order valence-corrected chi connectivity index (χ3v) is 4.89. The molecule has 9 heteroatoms. The monoisotopic (exact) mass is 409 g/mol. The molecule has 1 aliphatic carbocycles. The summed E-state index contributed by atoms with van der Waals surface area (Å²) in [5.41, 5.74) is 0.971. The average Bonchev–Trinajstić information content (AvgIpc) is 3.19. The normalized spacial score (nSPS) is 18.9. The Morgan fingerprint density at radius 2 is 1.69 bits per heavy atom. The molecule has 1 aliphatic heterocycles. The third-order valence-electron chi connectivity index (χ3n) is 4.89. The molecule has 0 N–H and O–H groups in total. The van der Waals surface area contributed by atoms with E-state index in [4.69, 9.17) is 4.74 Å². The summed E-state index contributed by atoms with van der Waals surface area (Å²) in [6.07, 6.45) is -4.74. The van der Waals surface area contributed by atoms with Gasteiger partial charge in [-0.25, -0.2) is 4.39 Å². The fourth-order valence-electron chi connectivity index (χ4n) is 3.56. The first kappa shape index (κ1) is 19.2. The summed E-state index contributed by atoms with van der Waals surface area (Å²) in [7, 11) is 0. The zero-order chi connectivity index (χ0) is 20.8. The van der Waals surface area contributed by atoms with Crippen molar-refractivity contribution in [1.29, 1.82) is 0 Å². The number of Topliss-reactive ketones (excluding diaryl/α,β-unsaturated/α-hetero) is 1. The number of fused-ring (bicyclic) bond motifs is 1. The standard InChI is InChI=1S/C20H15F4NO4/c21-16-10-11(9-15-14(16)5-6-17(15)26)25-8-7-18(19(25)27)28-12-1-3-13(4-2-12)29-20(22,23)24/h1-4,9-10,18H,5-8H2/t18-/m1/s1. The van der Waals surface area contributed by atoms with E-state index < -0.39 is 29.9 Å². The number of carbonyl (C=O) groups excluding carboxylic acids is 2. The summed E-state index contributed by atoms with van der Waals surface area (Å²) in [5.74, 6) is -1.27. The number of carbonyl (C=O) groups is 2. The van der Waals surface area contributed by atoms with E-state index >= 15 is 0 Å². The molecule has 1 heterocycles. The molecule has 29 heavy (non-hydrogen) atoms. The highest BCUT2D eigenvalue weighted by atomic mass is 19.4. The summed E-state index contributed by atoms with van der Waals surface area (Å²) in [6, 6.07) is 7.47. The molecule has 4 rings (SSSR count). The maximum Gasteiger partial charge on any atom is 0.573 e. The van der Waals surface area contributed by atoms with Crippen LogP contribution < -0.4 is 14.4 Å². The summed E-state index contributed by atoms with van der Waals surface area (Å²) < 4.78 is 60.3. The molecule has 1 amide bonds. The lowest BCUT2D eigenvalue weighted by molar-refractivity contribution is -0.274. The minimum absolute atomic E-state index is 0.152. The highest BCUT2D eigenvalue weighted by Gasteiger charge is 2.36. The van der Waals surface area contributed by atoms with Crippen molar-refractivity contribution in [3.63, 3.8) is 0 Å². The van der Waals surface area contributed by atoms with Crippen LogP contribution in [0.4, 0.5) is 23.2 Å². The van der Waals surface area contributed by atoms with Gasteiger partial charge < -0.3 is 14.4 Å². The van der Waals surface area contributed by atoms with E-state index in [0.29, 0.717) is 29.7 Å². The molecule has 0 unspecified atom stereocenters. The van der Waals surface area contributed by atoms with Gasteiger partial charge in [-0.2, -0.15) is 0 Å². The number of hydrogen-bond acceptors (Lipinski definition) is 4. The molecular weight excluding hydrogens is 394 g/mol. The second-order valence-electron chi connectivity index (χ2n) is 6.78. The number of anilines is 1. The van der Waals surface area contributed by atoms with Crippen LogP contribution in [0, 0.1) is 5.82 Å². The van der Waals surface area contributed by atoms with Crippen LogP contribution in [0.5, 0.6) is 11.5 Å². The van der Waals surface area contributed by atoms with Crippen LogP contribution in [0.25, 0.3) is 0 Å². The van der Waals surface area contributed by atoms with E-state index in [9.17, 15) is 27.2 Å². The smallest absolute Gasteiger partial charge is 0.481 e. The van der Waals surface area contributed by atoms with E-state index in [0.717, 1.165) is 12.1 Å². The van der Waals surface area contributed by atoms with E-state index in [2.05, 4.69) is 4.74 Å². The molecule has 5 nitrogen and oxygen atoms in total. The minimum Gasteiger partial charge on any atom is -0.481 e. The van der Waals surface area contributed by atoms with E-state index in [1.165, 1.54) is 29.2 Å². The predicted octanol–water partition coefficient (Wildman–Crippen LogP) is 4.04. The first-order valence-corrected chi connectivity index (χ1v) is 8.91. The van der Waals surface area contributed by atoms with Crippen molar-refractivity contribution in [2.45, 2.75) is 31.7 Å². The number of amides is 1. The molecule has 2 aromatic rings. The molecule has 0 radical (unpaired) electrons. The molecule has 1 fully saturated rings. The highest BCUT2D eigenvalue weighted by Crippen LogP contribution is 2.33. The Morgan fingerprint density at radius 1 is 1.00 bits per heavy atom. The summed E-state index contributed by atoms with van der Waals surface area (Å²) in [6.45, 7) is 0.269. The first-order chi connectivity index (χ1) is 13.7. The zero-order valence-electron chi connectivity index (χ0n) is 15.0. The van der Waals surface area contributed by atoms with Gasteiger partial charge in [0.25, 0.3) is 5.91 Å². The average molecular weight is 409 g/mol. The number of alkyl halides is 3. The van der Waals surface area contributed by atoms with Crippen LogP contribution >= 0.6 is 0 Å². The van der Waals surface area contributed by atoms with Gasteiger partial charge in [0.15, 0.2) is 11.9 Å². The highest BCUT2D eigenvalue weighted by molar-refractivity contribution is 6.04. The first-order valence-electron chi connectivity index (χ1n) is 8.91. The van der Waals surface area contributed by atoms with Gasteiger partial charge in [0.05, 0.1) is 0 Å². The number of ketones is 1. The van der Waals surface area contributed by atoms with Crippen LogP contribution in [0.2, 0.25) is 0 Å². The van der Waals surface area contributed by atoms with Crippen LogP contribution in [-0.2, 0) is 11.2 Å². The van der Waals surface area contributed by atoms with Gasteiger partial charge in [-0.05, 0) is 48.4 Å². The van der Waals surface area contributed by atoms with Gasteiger partial charge in [0.2, 0.25) is 0 Å². The van der Waals surface area contributed by atoms with Gasteiger partial charge >= 0.3 is 6.36 Å². The maximum absolute atomic E-state index is 14.3. The van der Waals surface area contributed by atoms with Gasteiger partial charge in [-0.15, -0.1) is 13.2 Å². The second-order valence-corrected chi connectivity index (χ2v) is 6.78. The molecule has 0 saturated carbocycles. The van der Waals surface area contributed by atoms with Gasteiger partial charge in [-0.3, -0.25) is 9.59 Å². The van der Waals surface area contributed by atoms with Gasteiger partial charge in [0, 0.05) is 30.6 Å². The number of benzene rings is 2. The lowest BCUT2D eigenvalue weighted by atomic mass is 10.1. The van der Waals surface area contributed by atoms with Crippen LogP contribution in [0.15, 0.2) is 36.4 Å². The lowest BCUT2D eigenvalue weighted by Crippen LogP contribution is -2.32. The Morgan fingerprint density at radius 3 is 2.38 bits per heavy atom. The quantitative estimate of drug-likeness (QED) is 0.716. The van der Waals surface area contributed by atoms with Crippen molar-refractivity contribution in [3.05, 3.63) is 53.3 Å². The van der Waals surface area contributed by atoms with Crippen LogP contribution in [0.3, 0.4) is 0 Å². The molecule has 0 aromatic heterocycles. The molecule has 0 bridgehead atoms. The van der Waals surface area contributed by atoms with E-state index in [1.807, 2.05) is 0 Å². The Bertz CT molecular complexity index is 972. The minimum atomic E-state index is -4.79. The molecule has 152 valence electrons. The number of hydrogen-bond donors (Lipinski definition) is 0. The number of nitrogens with zero attached hydrogens (tertiary/aromatic N) is 1. The van der Waals surface area contributed by atoms with Gasteiger partial charge in [0.1, 0.15) is 17.3 Å². The van der Waals surface area contributed by atoms with Crippen molar-refractivity contribution < 1.29 is 36.6 Å². The Labute approximate surface area is 162 Å². The maximum atomic E-state index is 14.3. The number of ether oxygens (including phenoxy) is 2.